The van der Waals surface area contributed by atoms with E-state index in [0.29, 0.717) is 6.61 Å². The Morgan fingerprint density at radius 2 is 1.43 bits per heavy atom. The van der Waals surface area contributed by atoms with Crippen LogP contribution in [0.5, 0.6) is 0 Å². The molecule has 0 aromatic rings. The summed E-state index contributed by atoms with van der Waals surface area (Å²) in [5, 5.41) is 0. The third kappa shape index (κ3) is 17.7. The molecule has 0 radical (unpaired) electrons. The summed E-state index contributed by atoms with van der Waals surface area (Å²) in [5.41, 5.74) is 0. The minimum atomic E-state index is -4.16. The van der Waals surface area contributed by atoms with Crippen LogP contribution in [0.25, 0.3) is 0 Å². The Hall–Kier alpha value is -0.270. The van der Waals surface area contributed by atoms with Gasteiger partial charge in [-0.1, -0.05) is 64.7 Å². The van der Waals surface area contributed by atoms with Crippen LogP contribution in [0, 0.1) is 0 Å². The van der Waals surface area contributed by atoms with E-state index >= 15 is 0 Å². The first-order chi connectivity index (χ1) is 9.95. The molecule has 0 saturated carbocycles. The summed E-state index contributed by atoms with van der Waals surface area (Å²) in [4.78, 5) is 11.1. The van der Waals surface area contributed by atoms with Crippen molar-refractivity contribution in [3.8, 4) is 0 Å². The molecule has 0 aliphatic heterocycles. The van der Waals surface area contributed by atoms with Gasteiger partial charge in [0.15, 0.2) is 0 Å². The summed E-state index contributed by atoms with van der Waals surface area (Å²) in [6.07, 6.45) is 12.1. The van der Waals surface area contributed by atoms with Crippen molar-refractivity contribution in [3.05, 3.63) is 0 Å². The fourth-order valence-electron chi connectivity index (χ4n) is 1.94. The Labute approximate surface area is 132 Å². The fraction of sp³-hybridized carbons (Fsp3) is 0.929. The number of carbonyl (C=O) groups is 1. The molecular weight excluding hydrogens is 312 g/mol. The minimum Gasteiger partial charge on any atom is -0.465 e. The summed E-state index contributed by atoms with van der Waals surface area (Å²) in [6.45, 7) is 2.54. The summed E-state index contributed by atoms with van der Waals surface area (Å²) < 4.78 is 34.1. The highest BCUT2D eigenvalue weighted by atomic mass is 33.1. The number of esters is 1. The van der Waals surface area contributed by atoms with Gasteiger partial charge in [0.25, 0.3) is 0 Å². The zero-order valence-corrected chi connectivity index (χ0v) is 14.5. The van der Waals surface area contributed by atoms with E-state index in [-0.39, 0.29) is 16.5 Å². The SMILES string of the molecule is CCCCCCCCCCCCOC(=O)CSS(=O)(=O)O. The van der Waals surface area contributed by atoms with Gasteiger partial charge in [-0.2, -0.15) is 8.42 Å². The summed E-state index contributed by atoms with van der Waals surface area (Å²) >= 11 is 0. The van der Waals surface area contributed by atoms with Crippen molar-refractivity contribution < 1.29 is 22.5 Å². The zero-order chi connectivity index (χ0) is 16.0. The first-order valence-corrected chi connectivity index (χ1v) is 10.7. The van der Waals surface area contributed by atoms with E-state index < -0.39 is 15.1 Å². The van der Waals surface area contributed by atoms with Crippen LogP contribution in [-0.2, 0) is 18.7 Å². The smallest absolute Gasteiger partial charge is 0.320 e. The lowest BCUT2D eigenvalue weighted by Crippen LogP contribution is -2.10. The van der Waals surface area contributed by atoms with E-state index in [1.165, 1.54) is 44.9 Å². The second-order valence-electron chi connectivity index (χ2n) is 5.09. The molecular formula is C14H28O5S2. The highest BCUT2D eigenvalue weighted by molar-refractivity contribution is 8.70. The molecule has 0 spiro atoms. The lowest BCUT2D eigenvalue weighted by atomic mass is 10.1. The first kappa shape index (κ1) is 20.7. The van der Waals surface area contributed by atoms with Gasteiger partial charge < -0.3 is 4.74 Å². The van der Waals surface area contributed by atoms with Crippen LogP contribution in [-0.4, -0.2) is 31.3 Å². The topological polar surface area (TPSA) is 80.7 Å². The lowest BCUT2D eigenvalue weighted by Gasteiger charge is -2.04. The van der Waals surface area contributed by atoms with Crippen molar-refractivity contribution in [1.82, 2.24) is 0 Å². The fourth-order valence-corrected chi connectivity index (χ4v) is 3.00. The van der Waals surface area contributed by atoms with E-state index in [2.05, 4.69) is 6.92 Å². The van der Waals surface area contributed by atoms with Crippen LogP contribution in [0.4, 0.5) is 0 Å². The normalized spacial score (nSPS) is 11.5. The van der Waals surface area contributed by atoms with Gasteiger partial charge in [0, 0.05) is 10.8 Å². The number of hydrogen-bond acceptors (Lipinski definition) is 5. The Morgan fingerprint density at radius 3 is 1.90 bits per heavy atom. The quantitative estimate of drug-likeness (QED) is 0.223. The highest BCUT2D eigenvalue weighted by Gasteiger charge is 2.10. The molecule has 0 unspecified atom stereocenters. The van der Waals surface area contributed by atoms with Gasteiger partial charge >= 0.3 is 15.1 Å². The molecule has 0 fully saturated rings. The van der Waals surface area contributed by atoms with Gasteiger partial charge in [-0.25, -0.2) is 0 Å². The number of unbranched alkanes of at least 4 members (excludes halogenated alkanes) is 9. The van der Waals surface area contributed by atoms with Crippen LogP contribution in [0.15, 0.2) is 0 Å². The number of carbonyl (C=O) groups excluding carboxylic acids is 1. The summed E-state index contributed by atoms with van der Waals surface area (Å²) in [6, 6.07) is 0. The Balaban J connectivity index is 3.23. The van der Waals surface area contributed by atoms with Gasteiger partial charge in [0.1, 0.15) is 5.75 Å². The third-order valence-electron chi connectivity index (χ3n) is 3.09. The second kappa shape index (κ2) is 13.4. The largest absolute Gasteiger partial charge is 0.465 e. The molecule has 5 nitrogen and oxygen atoms in total. The molecule has 0 heterocycles. The molecule has 0 rings (SSSR count). The predicted molar refractivity (Wildman–Crippen MR) is 86.8 cm³/mol. The van der Waals surface area contributed by atoms with Crippen LogP contribution < -0.4 is 0 Å². The first-order valence-electron chi connectivity index (χ1n) is 7.73. The van der Waals surface area contributed by atoms with Gasteiger partial charge in [-0.05, 0) is 6.42 Å². The molecule has 0 aliphatic carbocycles. The average Bonchev–Trinajstić information content (AvgIpc) is 2.42. The average molecular weight is 341 g/mol. The van der Waals surface area contributed by atoms with Crippen molar-refractivity contribution in [3.63, 3.8) is 0 Å². The van der Waals surface area contributed by atoms with Crippen LogP contribution in [0.1, 0.15) is 71.1 Å². The Morgan fingerprint density at radius 1 is 0.952 bits per heavy atom. The van der Waals surface area contributed by atoms with Gasteiger partial charge in [-0.3, -0.25) is 9.35 Å². The van der Waals surface area contributed by atoms with Crippen LogP contribution in [0.3, 0.4) is 0 Å². The van der Waals surface area contributed by atoms with E-state index in [0.717, 1.165) is 19.3 Å². The van der Waals surface area contributed by atoms with Crippen molar-refractivity contribution in [1.29, 1.82) is 0 Å². The molecule has 21 heavy (non-hydrogen) atoms. The molecule has 126 valence electrons. The van der Waals surface area contributed by atoms with E-state index in [4.69, 9.17) is 9.29 Å². The molecule has 0 amide bonds. The molecule has 0 atom stereocenters. The van der Waals surface area contributed by atoms with E-state index in [9.17, 15) is 13.2 Å². The molecule has 0 bridgehead atoms. The maximum atomic E-state index is 11.1. The third-order valence-corrected chi connectivity index (χ3v) is 4.99. The maximum Gasteiger partial charge on any atom is 0.320 e. The van der Waals surface area contributed by atoms with Crippen LogP contribution >= 0.6 is 10.8 Å². The molecule has 0 saturated heterocycles. The molecule has 7 heteroatoms. The molecule has 0 aromatic carbocycles. The van der Waals surface area contributed by atoms with Gasteiger partial charge in [0.2, 0.25) is 0 Å². The standard InChI is InChI=1S/C14H28O5S2/c1-2-3-4-5-6-7-8-9-10-11-12-19-14(15)13-20-21(16,17)18/h2-13H2,1H3,(H,16,17,18). The van der Waals surface area contributed by atoms with Gasteiger partial charge in [0.05, 0.1) is 6.61 Å². The van der Waals surface area contributed by atoms with Crippen molar-refractivity contribution in [2.24, 2.45) is 0 Å². The van der Waals surface area contributed by atoms with E-state index in [1.54, 1.807) is 0 Å². The number of rotatable bonds is 14. The molecule has 0 aromatic heterocycles. The summed E-state index contributed by atoms with van der Waals surface area (Å²) in [5.74, 6) is -0.968. The maximum absolute atomic E-state index is 11.1. The molecule has 0 aliphatic rings. The monoisotopic (exact) mass is 340 g/mol. The Bertz CT molecular complexity index is 354. The van der Waals surface area contributed by atoms with Crippen molar-refractivity contribution >= 4 is 25.9 Å². The van der Waals surface area contributed by atoms with Gasteiger partial charge in [-0.15, -0.1) is 0 Å². The highest BCUT2D eigenvalue weighted by Crippen LogP contribution is 2.11. The van der Waals surface area contributed by atoms with Crippen molar-refractivity contribution in [2.75, 3.05) is 12.4 Å². The number of ether oxygens (including phenoxy) is 1. The van der Waals surface area contributed by atoms with Crippen LogP contribution in [0.2, 0.25) is 0 Å². The summed E-state index contributed by atoms with van der Waals surface area (Å²) in [7, 11) is -3.98. The van der Waals surface area contributed by atoms with E-state index in [1.807, 2.05) is 0 Å². The lowest BCUT2D eigenvalue weighted by molar-refractivity contribution is -0.140. The zero-order valence-electron chi connectivity index (χ0n) is 12.9. The minimum absolute atomic E-state index is 0.178. The van der Waals surface area contributed by atoms with Crippen molar-refractivity contribution in [2.45, 2.75) is 71.1 Å². The molecule has 1 N–H and O–H groups in total. The number of hydrogen-bond donors (Lipinski definition) is 1. The Kier molecular flexibility index (Phi) is 13.2. The predicted octanol–water partition coefficient (Wildman–Crippen LogP) is 3.99. The second-order valence-corrected chi connectivity index (χ2v) is 8.44.